The molecule has 6 heteroatoms. The van der Waals surface area contributed by atoms with Gasteiger partial charge in [-0.15, -0.1) is 0 Å². The van der Waals surface area contributed by atoms with Crippen LogP contribution in [0, 0.1) is 0 Å². The highest BCUT2D eigenvalue weighted by atomic mass is 31.2. The lowest BCUT2D eigenvalue weighted by Crippen LogP contribution is -2.27. The van der Waals surface area contributed by atoms with E-state index < -0.39 is 7.82 Å². The summed E-state index contributed by atoms with van der Waals surface area (Å²) in [6, 6.07) is 0.821. The zero-order valence-electron chi connectivity index (χ0n) is 12.9. The lowest BCUT2D eigenvalue weighted by atomic mass is 10.0. The van der Waals surface area contributed by atoms with Gasteiger partial charge in [0.15, 0.2) is 0 Å². The van der Waals surface area contributed by atoms with Crippen molar-refractivity contribution in [3.63, 3.8) is 0 Å². The summed E-state index contributed by atoms with van der Waals surface area (Å²) in [6.07, 6.45) is 11.1. The van der Waals surface area contributed by atoms with E-state index in [1.165, 1.54) is 51.4 Å². The predicted molar refractivity (Wildman–Crippen MR) is 80.0 cm³/mol. The van der Waals surface area contributed by atoms with Gasteiger partial charge in [0.2, 0.25) is 0 Å². The molecule has 0 radical (unpaired) electrons. The maximum atomic E-state index is 8.88. The topological polar surface area (TPSA) is 81.0 Å². The van der Waals surface area contributed by atoms with Crippen molar-refractivity contribution < 1.29 is 19.2 Å². The van der Waals surface area contributed by atoms with E-state index in [4.69, 9.17) is 19.2 Å². The average Bonchev–Trinajstić information content (AvgIpc) is 2.24. The van der Waals surface area contributed by atoms with E-state index in [9.17, 15) is 0 Å². The smallest absolute Gasteiger partial charge is 0.306 e. The van der Waals surface area contributed by atoms with Crippen molar-refractivity contribution in [2.75, 3.05) is 14.1 Å². The molecule has 3 N–H and O–H groups in total. The first-order valence-electron chi connectivity index (χ1n) is 7.17. The van der Waals surface area contributed by atoms with E-state index in [-0.39, 0.29) is 0 Å². The number of rotatable bonds is 9. The minimum Gasteiger partial charge on any atom is -0.306 e. The number of hydrogen-bond acceptors (Lipinski definition) is 2. The minimum absolute atomic E-state index is 0.821. The van der Waals surface area contributed by atoms with Gasteiger partial charge in [-0.1, -0.05) is 52.4 Å². The second-order valence-corrected chi connectivity index (χ2v) is 6.15. The minimum atomic E-state index is -4.64. The van der Waals surface area contributed by atoms with Gasteiger partial charge < -0.3 is 19.6 Å². The number of hydrogen-bond donors (Lipinski definition) is 3. The molecule has 0 fully saturated rings. The van der Waals surface area contributed by atoms with Crippen LogP contribution < -0.4 is 0 Å². The SMILES string of the molecule is CCCCCCCC(CCC)N(C)C.O=P(O)(O)O. The maximum Gasteiger partial charge on any atom is 0.466 e. The summed E-state index contributed by atoms with van der Waals surface area (Å²) in [6.45, 7) is 4.56. The lowest BCUT2D eigenvalue weighted by Gasteiger charge is -2.23. The Balaban J connectivity index is 0. The molecule has 118 valence electrons. The molecule has 0 heterocycles. The van der Waals surface area contributed by atoms with Crippen LogP contribution in [0.2, 0.25) is 0 Å². The van der Waals surface area contributed by atoms with Gasteiger partial charge in [0, 0.05) is 6.04 Å². The summed E-state index contributed by atoms with van der Waals surface area (Å²) < 4.78 is 8.88. The van der Waals surface area contributed by atoms with Crippen molar-refractivity contribution in [3.8, 4) is 0 Å². The molecule has 1 unspecified atom stereocenters. The summed E-state index contributed by atoms with van der Waals surface area (Å²) in [5.41, 5.74) is 0. The lowest BCUT2D eigenvalue weighted by molar-refractivity contribution is 0.256. The average molecular weight is 297 g/mol. The van der Waals surface area contributed by atoms with E-state index >= 15 is 0 Å². The molecule has 0 saturated heterocycles. The standard InChI is InChI=1S/C13H29N.H3O4P/c1-5-7-8-9-10-12-13(11-6-2)14(3)4;1-5(2,3)4/h13H,5-12H2,1-4H3;(H3,1,2,3,4). The Kier molecular flexibility index (Phi) is 14.7. The fraction of sp³-hybridized carbons (Fsp3) is 1.00. The zero-order chi connectivity index (χ0) is 15.3. The molecule has 0 aliphatic carbocycles. The monoisotopic (exact) mass is 297 g/mol. The van der Waals surface area contributed by atoms with Crippen molar-refractivity contribution >= 4 is 7.82 Å². The Hall–Kier alpha value is 0.0700. The van der Waals surface area contributed by atoms with Crippen molar-refractivity contribution in [2.24, 2.45) is 0 Å². The van der Waals surface area contributed by atoms with Crippen LogP contribution >= 0.6 is 7.82 Å². The van der Waals surface area contributed by atoms with Gasteiger partial charge in [0.25, 0.3) is 0 Å². The third kappa shape index (κ3) is 23.6. The van der Waals surface area contributed by atoms with Crippen molar-refractivity contribution in [3.05, 3.63) is 0 Å². The Morgan fingerprint density at radius 2 is 1.37 bits per heavy atom. The molecule has 0 aliphatic heterocycles. The Morgan fingerprint density at radius 1 is 0.895 bits per heavy atom. The first kappa shape index (κ1) is 21.4. The first-order valence-corrected chi connectivity index (χ1v) is 8.73. The summed E-state index contributed by atoms with van der Waals surface area (Å²) in [5.74, 6) is 0. The van der Waals surface area contributed by atoms with Gasteiger partial charge in [0.1, 0.15) is 0 Å². The van der Waals surface area contributed by atoms with Crippen LogP contribution in [0.3, 0.4) is 0 Å². The molecule has 0 rings (SSSR count). The largest absolute Gasteiger partial charge is 0.466 e. The number of phosphoric acid groups is 1. The summed E-state index contributed by atoms with van der Waals surface area (Å²) >= 11 is 0. The zero-order valence-corrected chi connectivity index (χ0v) is 13.8. The fourth-order valence-corrected chi connectivity index (χ4v) is 1.98. The van der Waals surface area contributed by atoms with Gasteiger partial charge in [-0.2, -0.15) is 0 Å². The molecule has 0 aromatic heterocycles. The first-order chi connectivity index (χ1) is 8.72. The predicted octanol–water partition coefficient (Wildman–Crippen LogP) is 3.15. The summed E-state index contributed by atoms with van der Waals surface area (Å²) in [5, 5.41) is 0. The molecule has 0 aromatic carbocycles. The van der Waals surface area contributed by atoms with Crippen LogP contribution in [0.1, 0.15) is 65.2 Å². The van der Waals surface area contributed by atoms with Gasteiger partial charge in [-0.25, -0.2) is 4.57 Å². The van der Waals surface area contributed by atoms with Gasteiger partial charge in [-0.3, -0.25) is 0 Å². The summed E-state index contributed by atoms with van der Waals surface area (Å²) in [7, 11) is -0.210. The van der Waals surface area contributed by atoms with Crippen LogP contribution in [0.15, 0.2) is 0 Å². The van der Waals surface area contributed by atoms with E-state index in [0.717, 1.165) is 6.04 Å². The van der Waals surface area contributed by atoms with Crippen LogP contribution in [0.25, 0.3) is 0 Å². The van der Waals surface area contributed by atoms with E-state index in [1.54, 1.807) is 0 Å². The van der Waals surface area contributed by atoms with Crippen LogP contribution in [0.5, 0.6) is 0 Å². The maximum absolute atomic E-state index is 8.88. The van der Waals surface area contributed by atoms with E-state index in [1.807, 2.05) is 0 Å². The quantitative estimate of drug-likeness (QED) is 0.450. The molecular weight excluding hydrogens is 265 g/mol. The van der Waals surface area contributed by atoms with Crippen LogP contribution in [-0.4, -0.2) is 39.7 Å². The highest BCUT2D eigenvalue weighted by Crippen LogP contribution is 2.25. The molecule has 0 spiro atoms. The second kappa shape index (κ2) is 13.1. The molecule has 0 aromatic rings. The van der Waals surface area contributed by atoms with E-state index in [0.29, 0.717) is 0 Å². The van der Waals surface area contributed by atoms with Crippen LogP contribution in [0.4, 0.5) is 0 Å². The van der Waals surface area contributed by atoms with E-state index in [2.05, 4.69) is 32.8 Å². The van der Waals surface area contributed by atoms with Crippen molar-refractivity contribution in [1.82, 2.24) is 4.90 Å². The Bertz CT molecular complexity index is 222. The van der Waals surface area contributed by atoms with Gasteiger partial charge in [-0.05, 0) is 26.9 Å². The van der Waals surface area contributed by atoms with Gasteiger partial charge in [0.05, 0.1) is 0 Å². The molecule has 0 aliphatic rings. The molecule has 0 amide bonds. The molecule has 5 nitrogen and oxygen atoms in total. The van der Waals surface area contributed by atoms with Crippen molar-refractivity contribution in [2.45, 2.75) is 71.3 Å². The van der Waals surface area contributed by atoms with Crippen molar-refractivity contribution in [1.29, 1.82) is 0 Å². The summed E-state index contributed by atoms with van der Waals surface area (Å²) in [4.78, 5) is 24.0. The number of nitrogens with zero attached hydrogens (tertiary/aromatic N) is 1. The van der Waals surface area contributed by atoms with Gasteiger partial charge >= 0.3 is 7.82 Å². The Labute approximate surface area is 118 Å². The molecule has 0 bridgehead atoms. The fourth-order valence-electron chi connectivity index (χ4n) is 1.98. The normalized spacial score (nSPS) is 13.1. The highest BCUT2D eigenvalue weighted by Gasteiger charge is 2.08. The second-order valence-electron chi connectivity index (χ2n) is 5.12. The third-order valence-corrected chi connectivity index (χ3v) is 2.99. The highest BCUT2D eigenvalue weighted by molar-refractivity contribution is 7.45. The molecule has 1 atom stereocenters. The number of unbranched alkanes of at least 4 members (excludes halogenated alkanes) is 4. The third-order valence-electron chi connectivity index (χ3n) is 2.99. The Morgan fingerprint density at radius 3 is 1.74 bits per heavy atom. The molecule has 19 heavy (non-hydrogen) atoms. The van der Waals surface area contributed by atoms with Crippen LogP contribution in [-0.2, 0) is 4.57 Å². The molecular formula is C13H32NO4P. The molecule has 0 saturated carbocycles.